The van der Waals surface area contributed by atoms with Crippen LogP contribution in [0.1, 0.15) is 26.3 Å². The molecule has 0 radical (unpaired) electrons. The molecular formula is C23H31N3OS. The summed E-state index contributed by atoms with van der Waals surface area (Å²) in [6.45, 7) is 11.6. The summed E-state index contributed by atoms with van der Waals surface area (Å²) >= 11 is 1.66. The van der Waals surface area contributed by atoms with Gasteiger partial charge in [-0.05, 0) is 29.8 Å². The van der Waals surface area contributed by atoms with Crippen molar-refractivity contribution in [1.82, 2.24) is 4.90 Å². The molecule has 2 aromatic rings. The number of rotatable bonds is 6. The third-order valence-corrected chi connectivity index (χ3v) is 6.05. The van der Waals surface area contributed by atoms with Gasteiger partial charge in [-0.25, -0.2) is 0 Å². The zero-order valence-corrected chi connectivity index (χ0v) is 18.0. The Morgan fingerprint density at radius 2 is 1.61 bits per heavy atom. The number of benzene rings is 2. The van der Waals surface area contributed by atoms with E-state index < -0.39 is 0 Å². The summed E-state index contributed by atoms with van der Waals surface area (Å²) in [6.07, 6.45) is 0. The van der Waals surface area contributed by atoms with Gasteiger partial charge in [0, 0.05) is 48.8 Å². The number of hydrogen-bond donors (Lipinski definition) is 1. The van der Waals surface area contributed by atoms with Gasteiger partial charge in [-0.15, -0.1) is 11.8 Å². The van der Waals surface area contributed by atoms with Gasteiger partial charge in [-0.2, -0.15) is 0 Å². The number of amides is 1. The smallest absolute Gasteiger partial charge is 0.234 e. The van der Waals surface area contributed by atoms with Crippen LogP contribution in [0.3, 0.4) is 0 Å². The summed E-state index contributed by atoms with van der Waals surface area (Å²) in [5, 5.41) is 2.99. The minimum Gasteiger partial charge on any atom is -0.369 e. The van der Waals surface area contributed by atoms with Crippen LogP contribution in [-0.4, -0.2) is 47.5 Å². The van der Waals surface area contributed by atoms with E-state index in [2.05, 4.69) is 78.4 Å². The fourth-order valence-corrected chi connectivity index (χ4v) is 3.88. The van der Waals surface area contributed by atoms with E-state index >= 15 is 0 Å². The molecule has 0 atom stereocenters. The Morgan fingerprint density at radius 1 is 0.964 bits per heavy atom. The van der Waals surface area contributed by atoms with Crippen LogP contribution in [0.2, 0.25) is 0 Å². The van der Waals surface area contributed by atoms with Crippen molar-refractivity contribution in [2.24, 2.45) is 0 Å². The highest BCUT2D eigenvalue weighted by atomic mass is 32.2. The van der Waals surface area contributed by atoms with Crippen LogP contribution in [0, 0.1) is 0 Å². The van der Waals surface area contributed by atoms with E-state index in [1.54, 1.807) is 11.8 Å². The molecule has 1 amide bonds. The Balaban J connectivity index is 1.46. The fraction of sp³-hybridized carbons (Fsp3) is 0.435. The molecule has 1 N–H and O–H groups in total. The van der Waals surface area contributed by atoms with E-state index in [0.717, 1.165) is 38.4 Å². The van der Waals surface area contributed by atoms with E-state index in [1.165, 1.54) is 11.3 Å². The van der Waals surface area contributed by atoms with Crippen molar-refractivity contribution < 1.29 is 4.79 Å². The molecular weight excluding hydrogens is 366 g/mol. The van der Waals surface area contributed by atoms with Crippen molar-refractivity contribution in [3.05, 3.63) is 60.2 Å². The van der Waals surface area contributed by atoms with Crippen molar-refractivity contribution in [2.75, 3.05) is 42.1 Å². The molecule has 3 rings (SSSR count). The predicted molar refractivity (Wildman–Crippen MR) is 121 cm³/mol. The van der Waals surface area contributed by atoms with Crippen LogP contribution in [0.5, 0.6) is 0 Å². The molecule has 1 saturated heterocycles. The Kier molecular flexibility index (Phi) is 7.03. The molecule has 0 bridgehead atoms. The lowest BCUT2D eigenvalue weighted by molar-refractivity contribution is -0.113. The lowest BCUT2D eigenvalue weighted by atomic mass is 10.2. The molecule has 5 heteroatoms. The summed E-state index contributed by atoms with van der Waals surface area (Å²) in [7, 11) is 0. The fourth-order valence-electron chi connectivity index (χ4n) is 3.24. The molecule has 150 valence electrons. The number of anilines is 2. The highest BCUT2D eigenvalue weighted by Crippen LogP contribution is 2.24. The largest absolute Gasteiger partial charge is 0.369 e. The van der Waals surface area contributed by atoms with Crippen LogP contribution < -0.4 is 10.2 Å². The molecule has 2 aromatic carbocycles. The third-order valence-electron chi connectivity index (χ3n) is 4.77. The number of hydrogen-bond acceptors (Lipinski definition) is 4. The van der Waals surface area contributed by atoms with Crippen LogP contribution in [0.4, 0.5) is 11.4 Å². The molecule has 0 saturated carbocycles. The Bertz CT molecular complexity index is 748. The summed E-state index contributed by atoms with van der Waals surface area (Å²) in [5.74, 6) is 0.538. The normalized spacial score (nSPS) is 15.5. The van der Waals surface area contributed by atoms with Crippen molar-refractivity contribution in [2.45, 2.75) is 32.1 Å². The molecule has 4 nitrogen and oxygen atoms in total. The van der Waals surface area contributed by atoms with Crippen LogP contribution in [0.25, 0.3) is 0 Å². The molecule has 1 fully saturated rings. The average Bonchev–Trinajstić information content (AvgIpc) is 2.68. The number of nitrogens with one attached hydrogen (secondary N) is 1. The minimum absolute atomic E-state index is 0.0576. The number of piperazine rings is 1. The predicted octanol–water partition coefficient (Wildman–Crippen LogP) is 4.48. The number of nitrogens with zero attached hydrogens (tertiary/aromatic N) is 2. The topological polar surface area (TPSA) is 35.6 Å². The molecule has 1 aliphatic rings. The summed E-state index contributed by atoms with van der Waals surface area (Å²) in [6, 6.07) is 18.9. The SMILES string of the molecule is CC(C)(C)SCC(=O)Nc1ccc(N2CCN(Cc3ccccc3)CC2)cc1. The maximum atomic E-state index is 12.1. The Labute approximate surface area is 173 Å². The molecule has 0 aromatic heterocycles. The maximum absolute atomic E-state index is 12.1. The maximum Gasteiger partial charge on any atom is 0.234 e. The minimum atomic E-state index is 0.0576. The van der Waals surface area contributed by atoms with E-state index in [4.69, 9.17) is 0 Å². The molecule has 0 unspecified atom stereocenters. The van der Waals surface area contributed by atoms with Crippen LogP contribution in [0.15, 0.2) is 54.6 Å². The van der Waals surface area contributed by atoms with E-state index in [0.29, 0.717) is 5.75 Å². The first-order valence-electron chi connectivity index (χ1n) is 9.94. The van der Waals surface area contributed by atoms with Gasteiger partial charge in [0.25, 0.3) is 0 Å². The van der Waals surface area contributed by atoms with Crippen LogP contribution in [-0.2, 0) is 11.3 Å². The molecule has 0 aliphatic carbocycles. The standard InChI is InChI=1S/C23H31N3OS/c1-23(2,3)28-18-22(27)24-20-9-11-21(12-10-20)26-15-13-25(14-16-26)17-19-7-5-4-6-8-19/h4-12H,13-18H2,1-3H3,(H,24,27). The van der Waals surface area contributed by atoms with Crippen molar-refractivity contribution in [3.63, 3.8) is 0 Å². The van der Waals surface area contributed by atoms with Gasteiger partial charge in [-0.1, -0.05) is 51.1 Å². The molecule has 0 spiro atoms. The second-order valence-corrected chi connectivity index (χ2v) is 10.0. The first-order valence-corrected chi connectivity index (χ1v) is 10.9. The van der Waals surface area contributed by atoms with Gasteiger partial charge in [-0.3, -0.25) is 9.69 Å². The first-order chi connectivity index (χ1) is 13.4. The second-order valence-electron chi connectivity index (χ2n) is 8.24. The van der Waals surface area contributed by atoms with Crippen molar-refractivity contribution in [3.8, 4) is 0 Å². The number of carbonyl (C=O) groups is 1. The Morgan fingerprint density at radius 3 is 2.21 bits per heavy atom. The van der Waals surface area contributed by atoms with Gasteiger partial charge in [0.15, 0.2) is 0 Å². The Hall–Kier alpha value is -1.98. The van der Waals surface area contributed by atoms with Crippen LogP contribution >= 0.6 is 11.8 Å². The second kappa shape index (κ2) is 9.48. The zero-order valence-electron chi connectivity index (χ0n) is 17.1. The number of thioether (sulfide) groups is 1. The van der Waals surface area contributed by atoms with Gasteiger partial charge < -0.3 is 10.2 Å². The van der Waals surface area contributed by atoms with Gasteiger partial charge >= 0.3 is 0 Å². The van der Waals surface area contributed by atoms with Gasteiger partial charge in [0.05, 0.1) is 5.75 Å². The van der Waals surface area contributed by atoms with Gasteiger partial charge in [0.2, 0.25) is 5.91 Å². The molecule has 1 aliphatic heterocycles. The highest BCUT2D eigenvalue weighted by molar-refractivity contribution is 8.01. The van der Waals surface area contributed by atoms with Crippen molar-refractivity contribution >= 4 is 29.0 Å². The van der Waals surface area contributed by atoms with E-state index in [-0.39, 0.29) is 10.7 Å². The molecule has 1 heterocycles. The third kappa shape index (κ3) is 6.57. The van der Waals surface area contributed by atoms with Gasteiger partial charge in [0.1, 0.15) is 0 Å². The van der Waals surface area contributed by atoms with Crippen molar-refractivity contribution in [1.29, 1.82) is 0 Å². The average molecular weight is 398 g/mol. The lowest BCUT2D eigenvalue weighted by Crippen LogP contribution is -2.45. The lowest BCUT2D eigenvalue weighted by Gasteiger charge is -2.36. The zero-order chi connectivity index (χ0) is 20.0. The number of carbonyl (C=O) groups excluding carboxylic acids is 1. The summed E-state index contributed by atoms with van der Waals surface area (Å²) in [4.78, 5) is 17.0. The first kappa shape index (κ1) is 20.7. The summed E-state index contributed by atoms with van der Waals surface area (Å²) in [5.41, 5.74) is 3.47. The summed E-state index contributed by atoms with van der Waals surface area (Å²) < 4.78 is 0.101. The van der Waals surface area contributed by atoms with E-state index in [1.807, 2.05) is 12.1 Å². The highest BCUT2D eigenvalue weighted by Gasteiger charge is 2.17. The molecule has 28 heavy (non-hydrogen) atoms. The van der Waals surface area contributed by atoms with E-state index in [9.17, 15) is 4.79 Å². The quantitative estimate of drug-likeness (QED) is 0.780. The monoisotopic (exact) mass is 397 g/mol.